The van der Waals surface area contributed by atoms with Crippen LogP contribution in [0.3, 0.4) is 0 Å². The molecule has 4 fully saturated rings. The Morgan fingerprint density at radius 3 is 2.31 bits per heavy atom. The molecule has 4 N–H and O–H groups in total. The van der Waals surface area contributed by atoms with E-state index in [2.05, 4.69) is 0 Å². The molecule has 1 aliphatic carbocycles. The van der Waals surface area contributed by atoms with E-state index in [-0.39, 0.29) is 17.1 Å². The highest BCUT2D eigenvalue weighted by Crippen LogP contribution is 2.79. The van der Waals surface area contributed by atoms with Crippen LogP contribution in [-0.2, 0) is 24.7 Å². The van der Waals surface area contributed by atoms with Crippen molar-refractivity contribution in [2.24, 2.45) is 22.7 Å². The molecule has 0 aromatic heterocycles. The minimum atomic E-state index is -2.20. The summed E-state index contributed by atoms with van der Waals surface area (Å²) in [6.07, 6.45) is -6.60. The van der Waals surface area contributed by atoms with Gasteiger partial charge in [-0.2, -0.15) is 0 Å². The third kappa shape index (κ3) is 2.14. The van der Waals surface area contributed by atoms with Gasteiger partial charge >= 0.3 is 0 Å². The first-order valence-corrected chi connectivity index (χ1v) is 11.8. The van der Waals surface area contributed by atoms with Crippen LogP contribution in [0.5, 0.6) is 17.2 Å². The van der Waals surface area contributed by atoms with E-state index in [1.807, 2.05) is 0 Å². The number of aliphatic hydroxyl groups is 4. The standard InChI is InChI=1S/C24H31NO11/c1-21-16-14-12(17(27)25(3)33-6)15(26)23(30)13-10(32-5)7-9(31-4)8-11(13)36-24(14,23)18(34-16)22(21,2)20(29)35-19(21)28/h7-8,12,14-16,18-20,26,28-30H,1-6H3/t12-,14?,15-,16?,18?,19?,20?,21?,22?,23+,24?/m1/s1. The Balaban J connectivity index is 1.64. The number of methoxy groups -OCH3 is 2. The van der Waals surface area contributed by atoms with Gasteiger partial charge in [0, 0.05) is 25.1 Å². The van der Waals surface area contributed by atoms with Crippen LogP contribution in [0, 0.1) is 22.7 Å². The van der Waals surface area contributed by atoms with Gasteiger partial charge in [0.25, 0.3) is 5.91 Å². The van der Waals surface area contributed by atoms with Crippen LogP contribution in [0.25, 0.3) is 0 Å². The lowest BCUT2D eigenvalue weighted by Gasteiger charge is -2.52. The second-order valence-corrected chi connectivity index (χ2v) is 10.7. The van der Waals surface area contributed by atoms with Crippen molar-refractivity contribution >= 4 is 5.91 Å². The number of amides is 1. The maximum atomic E-state index is 13.6. The van der Waals surface area contributed by atoms with Crippen molar-refractivity contribution in [3.05, 3.63) is 17.7 Å². The Morgan fingerprint density at radius 2 is 1.69 bits per heavy atom. The van der Waals surface area contributed by atoms with Crippen LogP contribution in [0.1, 0.15) is 19.4 Å². The van der Waals surface area contributed by atoms with E-state index in [1.54, 1.807) is 26.0 Å². The number of nitrogens with zero attached hydrogens (tertiary/aromatic N) is 1. The van der Waals surface area contributed by atoms with E-state index in [1.165, 1.54) is 28.4 Å². The van der Waals surface area contributed by atoms with Gasteiger partial charge in [0.15, 0.2) is 23.8 Å². The topological polar surface area (TPSA) is 157 Å². The normalized spacial score (nSPS) is 49.2. The van der Waals surface area contributed by atoms with Crippen molar-refractivity contribution in [3.63, 3.8) is 0 Å². The predicted octanol–water partition coefficient (Wildman–Crippen LogP) is -0.890. The summed E-state index contributed by atoms with van der Waals surface area (Å²) in [5.41, 5.74) is -6.25. The Morgan fingerprint density at radius 1 is 1.03 bits per heavy atom. The summed E-state index contributed by atoms with van der Waals surface area (Å²) in [5.74, 6) is -2.04. The maximum absolute atomic E-state index is 13.6. The molecular formula is C24H31NO11. The monoisotopic (exact) mass is 509 g/mol. The highest BCUT2D eigenvalue weighted by atomic mass is 16.7. The number of carbonyl (C=O) groups excluding carboxylic acids is 1. The molecule has 6 rings (SSSR count). The smallest absolute Gasteiger partial charge is 0.252 e. The average molecular weight is 510 g/mol. The Bertz CT molecular complexity index is 1150. The predicted molar refractivity (Wildman–Crippen MR) is 118 cm³/mol. The van der Waals surface area contributed by atoms with Gasteiger partial charge in [0.05, 0.1) is 49.7 Å². The maximum Gasteiger partial charge on any atom is 0.252 e. The van der Waals surface area contributed by atoms with Gasteiger partial charge in [0.1, 0.15) is 29.5 Å². The highest BCUT2D eigenvalue weighted by molar-refractivity contribution is 5.81. The molecule has 11 atom stereocenters. The van der Waals surface area contributed by atoms with Gasteiger partial charge in [-0.1, -0.05) is 13.8 Å². The molecule has 8 unspecified atom stereocenters. The molecule has 198 valence electrons. The molecule has 1 aromatic carbocycles. The van der Waals surface area contributed by atoms with Gasteiger partial charge in [0.2, 0.25) is 0 Å². The first-order chi connectivity index (χ1) is 16.9. The van der Waals surface area contributed by atoms with Crippen molar-refractivity contribution in [1.29, 1.82) is 0 Å². The fourth-order valence-electron chi connectivity index (χ4n) is 7.84. The number of hydroxylamine groups is 2. The lowest BCUT2D eigenvalue weighted by atomic mass is 9.50. The molecule has 4 heterocycles. The number of hydrogen-bond acceptors (Lipinski definition) is 11. The van der Waals surface area contributed by atoms with Crippen LogP contribution in [0.2, 0.25) is 0 Å². The largest absolute Gasteiger partial charge is 0.496 e. The van der Waals surface area contributed by atoms with E-state index >= 15 is 0 Å². The molecule has 5 aliphatic rings. The van der Waals surface area contributed by atoms with E-state index in [9.17, 15) is 25.2 Å². The number of aliphatic hydroxyl groups excluding tert-OH is 3. The van der Waals surface area contributed by atoms with Crippen molar-refractivity contribution in [1.82, 2.24) is 5.06 Å². The molecule has 36 heavy (non-hydrogen) atoms. The quantitative estimate of drug-likeness (QED) is 0.373. The molecule has 12 heteroatoms. The zero-order valence-corrected chi connectivity index (χ0v) is 20.8. The number of ether oxygens (including phenoxy) is 5. The van der Waals surface area contributed by atoms with Gasteiger partial charge in [-0.05, 0) is 0 Å². The van der Waals surface area contributed by atoms with Crippen molar-refractivity contribution < 1.29 is 53.7 Å². The second kappa shape index (κ2) is 7.01. The summed E-state index contributed by atoms with van der Waals surface area (Å²) >= 11 is 0. The van der Waals surface area contributed by atoms with Gasteiger partial charge < -0.3 is 44.1 Å². The zero-order valence-electron chi connectivity index (χ0n) is 20.8. The Kier molecular flexibility index (Phi) is 4.71. The van der Waals surface area contributed by atoms with Crippen molar-refractivity contribution in [3.8, 4) is 17.2 Å². The summed E-state index contributed by atoms with van der Waals surface area (Å²) in [7, 11) is 5.59. The number of carbonyl (C=O) groups is 1. The summed E-state index contributed by atoms with van der Waals surface area (Å²) in [4.78, 5) is 18.7. The molecule has 2 bridgehead atoms. The van der Waals surface area contributed by atoms with Crippen molar-refractivity contribution in [2.75, 3.05) is 28.4 Å². The molecule has 1 aromatic rings. The third-order valence-corrected chi connectivity index (χ3v) is 9.85. The molecule has 3 saturated heterocycles. The fraction of sp³-hybridized carbons (Fsp3) is 0.708. The molecule has 12 nitrogen and oxygen atoms in total. The van der Waals surface area contributed by atoms with Gasteiger partial charge in [-0.25, -0.2) is 5.06 Å². The Hall–Kier alpha value is -2.19. The van der Waals surface area contributed by atoms with E-state index < -0.39 is 70.7 Å². The molecule has 1 spiro atoms. The van der Waals surface area contributed by atoms with Crippen LogP contribution in [0.15, 0.2) is 12.1 Å². The third-order valence-electron chi connectivity index (χ3n) is 9.85. The summed E-state index contributed by atoms with van der Waals surface area (Å²) in [5, 5.41) is 47.3. The second-order valence-electron chi connectivity index (χ2n) is 10.7. The van der Waals surface area contributed by atoms with E-state index in [0.717, 1.165) is 5.06 Å². The fourth-order valence-corrected chi connectivity index (χ4v) is 7.84. The summed E-state index contributed by atoms with van der Waals surface area (Å²) < 4.78 is 29.4. The number of rotatable bonds is 4. The van der Waals surface area contributed by atoms with Crippen LogP contribution in [0.4, 0.5) is 0 Å². The van der Waals surface area contributed by atoms with Crippen LogP contribution in [-0.4, -0.2) is 96.3 Å². The zero-order chi connectivity index (χ0) is 26.2. The summed E-state index contributed by atoms with van der Waals surface area (Å²) in [6.45, 7) is 3.40. The van der Waals surface area contributed by atoms with E-state index in [0.29, 0.717) is 5.75 Å². The molecule has 4 aliphatic heterocycles. The average Bonchev–Trinajstić information content (AvgIpc) is 3.52. The first-order valence-electron chi connectivity index (χ1n) is 11.8. The SMILES string of the molecule is COc1cc(OC)c2c(c1)OC13C(C4OC1C1(C)C(O)OC(O)C41C)[C@@H](C(=O)N(C)OC)[C@@H](O)[C@@]23O. The summed E-state index contributed by atoms with van der Waals surface area (Å²) in [6, 6.07) is 3.11. The van der Waals surface area contributed by atoms with E-state index in [4.69, 9.17) is 28.5 Å². The van der Waals surface area contributed by atoms with Crippen molar-refractivity contribution in [2.45, 2.75) is 55.9 Å². The number of hydrogen-bond donors (Lipinski definition) is 4. The van der Waals surface area contributed by atoms with Gasteiger partial charge in [-0.3, -0.25) is 9.63 Å². The Labute approximate surface area is 207 Å². The van der Waals surface area contributed by atoms with Crippen LogP contribution >= 0.6 is 0 Å². The number of fused-ring (bicyclic) bond motifs is 8. The molecule has 1 amide bonds. The number of benzene rings is 1. The molecular weight excluding hydrogens is 478 g/mol. The minimum Gasteiger partial charge on any atom is -0.496 e. The highest BCUT2D eigenvalue weighted by Gasteiger charge is 2.94. The van der Waals surface area contributed by atoms with Crippen LogP contribution < -0.4 is 14.2 Å². The molecule has 0 radical (unpaired) electrons. The van der Waals surface area contributed by atoms with Gasteiger partial charge in [-0.15, -0.1) is 0 Å². The lowest BCUT2D eigenvalue weighted by molar-refractivity contribution is -0.230. The lowest BCUT2D eigenvalue weighted by Crippen LogP contribution is -2.70. The molecule has 1 saturated carbocycles. The first kappa shape index (κ1) is 24.2. The minimum absolute atomic E-state index is 0.147.